The fraction of sp³-hybridized carbons (Fsp3) is 0.579. The number of hydrogen-bond acceptors (Lipinski definition) is 2. The van der Waals surface area contributed by atoms with Crippen LogP contribution in [-0.4, -0.2) is 19.7 Å². The van der Waals surface area contributed by atoms with Gasteiger partial charge in [0.25, 0.3) is 0 Å². The highest BCUT2D eigenvalue weighted by Gasteiger charge is 2.14. The summed E-state index contributed by atoms with van der Waals surface area (Å²) in [5.41, 5.74) is 2.67. The maximum atomic E-state index is 5.46. The Kier molecular flexibility index (Phi) is 6.97. The smallest absolute Gasteiger partial charge is 0.126 e. The van der Waals surface area contributed by atoms with Crippen molar-refractivity contribution < 1.29 is 4.74 Å². The molecule has 0 radical (unpaired) electrons. The van der Waals surface area contributed by atoms with Gasteiger partial charge >= 0.3 is 0 Å². The molecular formula is C19H31NO. The van der Waals surface area contributed by atoms with E-state index in [-0.39, 0.29) is 5.41 Å². The van der Waals surface area contributed by atoms with E-state index < -0.39 is 0 Å². The molecule has 0 aliphatic rings. The number of methoxy groups -OCH3 is 1. The summed E-state index contributed by atoms with van der Waals surface area (Å²) >= 11 is 0. The van der Waals surface area contributed by atoms with Gasteiger partial charge in [0.2, 0.25) is 0 Å². The zero-order valence-electron chi connectivity index (χ0n) is 14.5. The highest BCUT2D eigenvalue weighted by atomic mass is 16.5. The van der Waals surface area contributed by atoms with Gasteiger partial charge < -0.3 is 10.1 Å². The van der Waals surface area contributed by atoms with Crippen molar-refractivity contribution in [2.75, 3.05) is 13.7 Å². The van der Waals surface area contributed by atoms with E-state index in [1.165, 1.54) is 11.1 Å². The molecule has 0 unspecified atom stereocenters. The minimum atomic E-state index is 0.163. The van der Waals surface area contributed by atoms with Crippen LogP contribution in [0.1, 0.15) is 58.6 Å². The minimum absolute atomic E-state index is 0.163. The van der Waals surface area contributed by atoms with E-state index in [1.54, 1.807) is 7.11 Å². The van der Waals surface area contributed by atoms with Crippen LogP contribution in [0.5, 0.6) is 5.75 Å². The van der Waals surface area contributed by atoms with Gasteiger partial charge in [-0.3, -0.25) is 0 Å². The summed E-state index contributed by atoms with van der Waals surface area (Å²) in [6.07, 6.45) is 6.67. The van der Waals surface area contributed by atoms with Crippen molar-refractivity contribution >= 4 is 6.08 Å². The molecule has 0 aliphatic carbocycles. The molecule has 118 valence electrons. The molecule has 21 heavy (non-hydrogen) atoms. The van der Waals surface area contributed by atoms with E-state index in [0.717, 1.165) is 25.1 Å². The van der Waals surface area contributed by atoms with Gasteiger partial charge in [-0.25, -0.2) is 0 Å². The van der Waals surface area contributed by atoms with E-state index in [0.29, 0.717) is 6.04 Å². The van der Waals surface area contributed by atoms with Crippen molar-refractivity contribution in [2.24, 2.45) is 0 Å². The third kappa shape index (κ3) is 6.34. The Balaban J connectivity index is 2.67. The van der Waals surface area contributed by atoms with E-state index in [9.17, 15) is 0 Å². The van der Waals surface area contributed by atoms with Crippen LogP contribution in [0.2, 0.25) is 0 Å². The van der Waals surface area contributed by atoms with Gasteiger partial charge in [0.15, 0.2) is 0 Å². The highest BCUT2D eigenvalue weighted by Crippen LogP contribution is 2.28. The lowest BCUT2D eigenvalue weighted by molar-refractivity contribution is 0.413. The fourth-order valence-corrected chi connectivity index (χ4v) is 2.15. The minimum Gasteiger partial charge on any atom is -0.496 e. The van der Waals surface area contributed by atoms with Gasteiger partial charge in [0.05, 0.1) is 7.11 Å². The first kappa shape index (κ1) is 17.8. The third-order valence-electron chi connectivity index (χ3n) is 3.49. The van der Waals surface area contributed by atoms with Crippen molar-refractivity contribution in [1.29, 1.82) is 0 Å². The largest absolute Gasteiger partial charge is 0.496 e. The number of benzene rings is 1. The summed E-state index contributed by atoms with van der Waals surface area (Å²) in [6.45, 7) is 12.1. The molecule has 0 aromatic heterocycles. The molecule has 2 nitrogen and oxygen atoms in total. The maximum Gasteiger partial charge on any atom is 0.126 e. The summed E-state index contributed by atoms with van der Waals surface area (Å²) in [5, 5.41) is 3.44. The first-order valence-corrected chi connectivity index (χ1v) is 7.93. The number of unbranched alkanes of at least 4 members (excludes halogenated alkanes) is 1. The van der Waals surface area contributed by atoms with Gasteiger partial charge in [-0.05, 0) is 42.5 Å². The second-order valence-electron chi connectivity index (χ2n) is 6.86. The van der Waals surface area contributed by atoms with Gasteiger partial charge in [-0.15, -0.1) is 0 Å². The number of nitrogens with one attached hydrogen (secondary N) is 1. The Labute approximate surface area is 130 Å². The molecular weight excluding hydrogens is 258 g/mol. The molecule has 1 N–H and O–H groups in total. The Bertz CT molecular complexity index is 455. The Morgan fingerprint density at radius 1 is 1.24 bits per heavy atom. The summed E-state index contributed by atoms with van der Waals surface area (Å²) in [5.74, 6) is 0.944. The van der Waals surface area contributed by atoms with Crippen LogP contribution in [0, 0.1) is 0 Å². The molecule has 0 aliphatic heterocycles. The van der Waals surface area contributed by atoms with E-state index >= 15 is 0 Å². The maximum absolute atomic E-state index is 5.46. The summed E-state index contributed by atoms with van der Waals surface area (Å²) < 4.78 is 5.46. The predicted octanol–water partition coefficient (Wildman–Crippen LogP) is 4.78. The summed E-state index contributed by atoms with van der Waals surface area (Å²) in [4.78, 5) is 0. The summed E-state index contributed by atoms with van der Waals surface area (Å²) in [7, 11) is 1.73. The lowest BCUT2D eigenvalue weighted by atomic mass is 9.86. The van der Waals surface area contributed by atoms with E-state index in [2.05, 4.69) is 70.3 Å². The number of rotatable bonds is 7. The Hall–Kier alpha value is -1.28. The molecule has 0 bridgehead atoms. The van der Waals surface area contributed by atoms with Crippen molar-refractivity contribution in [3.05, 3.63) is 35.4 Å². The predicted molar refractivity (Wildman–Crippen MR) is 93.1 cm³/mol. The second kappa shape index (κ2) is 8.23. The average molecular weight is 289 g/mol. The third-order valence-corrected chi connectivity index (χ3v) is 3.49. The first-order chi connectivity index (χ1) is 9.84. The second-order valence-corrected chi connectivity index (χ2v) is 6.86. The van der Waals surface area contributed by atoms with Gasteiger partial charge in [-0.1, -0.05) is 52.8 Å². The molecule has 1 aromatic rings. The quantitative estimate of drug-likeness (QED) is 0.729. The Morgan fingerprint density at radius 2 is 1.95 bits per heavy atom. The molecule has 0 heterocycles. The van der Waals surface area contributed by atoms with Gasteiger partial charge in [0.1, 0.15) is 5.75 Å². The van der Waals surface area contributed by atoms with Crippen LogP contribution in [0.3, 0.4) is 0 Å². The van der Waals surface area contributed by atoms with Crippen LogP contribution in [0.4, 0.5) is 0 Å². The van der Waals surface area contributed by atoms with Gasteiger partial charge in [-0.2, -0.15) is 0 Å². The van der Waals surface area contributed by atoms with Crippen molar-refractivity contribution in [3.8, 4) is 5.75 Å². The molecule has 0 amide bonds. The van der Waals surface area contributed by atoms with E-state index in [4.69, 9.17) is 4.74 Å². The fourth-order valence-electron chi connectivity index (χ4n) is 2.15. The lowest BCUT2D eigenvalue weighted by Crippen LogP contribution is -2.23. The molecule has 2 heteroatoms. The van der Waals surface area contributed by atoms with Crippen molar-refractivity contribution in [2.45, 2.75) is 58.9 Å². The van der Waals surface area contributed by atoms with Crippen LogP contribution in [-0.2, 0) is 5.41 Å². The number of allylic oxidation sites excluding steroid dienone is 1. The van der Waals surface area contributed by atoms with Crippen LogP contribution >= 0.6 is 0 Å². The Morgan fingerprint density at radius 3 is 2.52 bits per heavy atom. The SMILES string of the molecule is COc1ccc(C(C)(C)C)cc1/C=C/CCCNC(C)C. The van der Waals surface area contributed by atoms with Crippen molar-refractivity contribution in [1.82, 2.24) is 5.32 Å². The zero-order valence-corrected chi connectivity index (χ0v) is 14.5. The highest BCUT2D eigenvalue weighted by molar-refractivity contribution is 5.59. The van der Waals surface area contributed by atoms with Crippen LogP contribution in [0.15, 0.2) is 24.3 Å². The standard InChI is InChI=1S/C19H31NO/c1-15(2)20-13-9-7-8-10-16-14-17(19(3,4)5)11-12-18(16)21-6/h8,10-12,14-15,20H,7,9,13H2,1-6H3/b10-8+. The van der Waals surface area contributed by atoms with Gasteiger partial charge in [0, 0.05) is 11.6 Å². The molecule has 1 rings (SSSR count). The first-order valence-electron chi connectivity index (χ1n) is 7.93. The normalized spacial score (nSPS) is 12.3. The zero-order chi connectivity index (χ0) is 15.9. The lowest BCUT2D eigenvalue weighted by Gasteiger charge is -2.20. The topological polar surface area (TPSA) is 21.3 Å². The molecule has 0 saturated heterocycles. The van der Waals surface area contributed by atoms with Crippen molar-refractivity contribution in [3.63, 3.8) is 0 Å². The molecule has 0 fully saturated rings. The molecule has 0 spiro atoms. The van der Waals surface area contributed by atoms with Crippen LogP contribution < -0.4 is 10.1 Å². The number of hydrogen-bond donors (Lipinski definition) is 1. The molecule has 0 saturated carbocycles. The average Bonchev–Trinajstić information content (AvgIpc) is 2.41. The van der Waals surface area contributed by atoms with Crippen LogP contribution in [0.25, 0.3) is 6.08 Å². The monoisotopic (exact) mass is 289 g/mol. The van der Waals surface area contributed by atoms with E-state index in [1.807, 2.05) is 0 Å². The molecule has 0 atom stereocenters. The summed E-state index contributed by atoms with van der Waals surface area (Å²) in [6, 6.07) is 7.03. The molecule has 1 aromatic carbocycles. The number of ether oxygens (including phenoxy) is 1.